The Morgan fingerprint density at radius 3 is 2.43 bits per heavy atom. The molecular formula is C19H17N7O4. The van der Waals surface area contributed by atoms with Gasteiger partial charge in [0.25, 0.3) is 0 Å². The first-order valence-corrected chi connectivity index (χ1v) is 8.59. The number of ether oxygens (including phenoxy) is 2. The molecule has 0 saturated carbocycles. The maximum Gasteiger partial charge on any atom is 0.349 e. The highest BCUT2D eigenvalue weighted by Crippen LogP contribution is 2.18. The lowest BCUT2D eigenvalue weighted by atomic mass is 10.2. The topological polar surface area (TPSA) is 157 Å². The lowest BCUT2D eigenvalue weighted by Crippen LogP contribution is -2.22. The number of benzene rings is 2. The molecule has 0 unspecified atom stereocenters. The predicted molar refractivity (Wildman–Crippen MR) is 107 cm³/mol. The van der Waals surface area contributed by atoms with Crippen molar-refractivity contribution in [1.29, 1.82) is 5.26 Å². The molecule has 0 saturated heterocycles. The van der Waals surface area contributed by atoms with Crippen molar-refractivity contribution < 1.29 is 19.1 Å². The number of esters is 1. The van der Waals surface area contributed by atoms with E-state index in [0.29, 0.717) is 22.7 Å². The van der Waals surface area contributed by atoms with Crippen molar-refractivity contribution in [2.24, 2.45) is 0 Å². The van der Waals surface area contributed by atoms with E-state index in [1.165, 1.54) is 7.11 Å². The van der Waals surface area contributed by atoms with Gasteiger partial charge in [-0.05, 0) is 48.5 Å². The number of nitrogens with two attached hydrogens (primary N) is 1. The van der Waals surface area contributed by atoms with Crippen molar-refractivity contribution in [3.8, 4) is 11.8 Å². The molecule has 152 valence electrons. The Hall–Kier alpha value is -4.59. The fourth-order valence-corrected chi connectivity index (χ4v) is 2.30. The van der Waals surface area contributed by atoms with Crippen LogP contribution in [0.15, 0.2) is 48.5 Å². The summed E-state index contributed by atoms with van der Waals surface area (Å²) in [5.74, 6) is -0.0485. The third-order valence-corrected chi connectivity index (χ3v) is 3.78. The van der Waals surface area contributed by atoms with E-state index in [1.54, 1.807) is 48.5 Å². The standard InChI is InChI=1S/C19H17N7O4/c1-29-16(27)11-30-15-8-6-14(7-9-15)23-19(28)26-17(21)24-18(25-26)22-13-4-2-12(10-20)3-5-13/h2-9H,11H2,1H3,(H,23,28)(H3,21,22,24,25). The SMILES string of the molecule is COC(=O)COc1ccc(NC(=O)n2nc(Nc3ccc(C#N)cc3)nc2N)cc1. The van der Waals surface area contributed by atoms with Crippen molar-refractivity contribution in [2.45, 2.75) is 0 Å². The smallest absolute Gasteiger partial charge is 0.349 e. The number of carbonyl (C=O) groups is 2. The number of anilines is 4. The number of nitrogens with one attached hydrogen (secondary N) is 2. The lowest BCUT2D eigenvalue weighted by molar-refractivity contribution is -0.142. The molecule has 0 atom stereocenters. The summed E-state index contributed by atoms with van der Waals surface area (Å²) in [4.78, 5) is 27.5. The van der Waals surface area contributed by atoms with Crippen LogP contribution in [0.1, 0.15) is 5.56 Å². The van der Waals surface area contributed by atoms with E-state index in [2.05, 4.69) is 25.5 Å². The van der Waals surface area contributed by atoms with Crippen LogP contribution in [0.2, 0.25) is 0 Å². The van der Waals surface area contributed by atoms with Gasteiger partial charge in [-0.3, -0.25) is 0 Å². The first kappa shape index (κ1) is 20.2. The zero-order chi connectivity index (χ0) is 21.5. The summed E-state index contributed by atoms with van der Waals surface area (Å²) in [6, 6.07) is 14.4. The Labute approximate surface area is 171 Å². The fourth-order valence-electron chi connectivity index (χ4n) is 2.30. The van der Waals surface area contributed by atoms with Crippen LogP contribution < -0.4 is 21.1 Å². The number of methoxy groups -OCH3 is 1. The molecule has 4 N–H and O–H groups in total. The van der Waals surface area contributed by atoms with Crippen LogP contribution in [0.5, 0.6) is 5.75 Å². The number of rotatable bonds is 6. The zero-order valence-corrected chi connectivity index (χ0v) is 15.8. The fraction of sp³-hybridized carbons (Fsp3) is 0.105. The molecule has 0 aliphatic carbocycles. The van der Waals surface area contributed by atoms with Crippen molar-refractivity contribution >= 4 is 35.3 Å². The highest BCUT2D eigenvalue weighted by Gasteiger charge is 2.14. The van der Waals surface area contributed by atoms with Crippen molar-refractivity contribution in [2.75, 3.05) is 30.1 Å². The summed E-state index contributed by atoms with van der Waals surface area (Å²) in [5, 5.41) is 18.4. The number of nitrogens with zero attached hydrogens (tertiary/aromatic N) is 4. The molecule has 11 heteroatoms. The molecule has 0 fully saturated rings. The number of carbonyl (C=O) groups excluding carboxylic acids is 2. The van der Waals surface area contributed by atoms with Crippen molar-refractivity contribution in [3.63, 3.8) is 0 Å². The minimum absolute atomic E-state index is 0.110. The second-order valence-corrected chi connectivity index (χ2v) is 5.84. The van der Waals surface area contributed by atoms with E-state index >= 15 is 0 Å². The predicted octanol–water partition coefficient (Wildman–Crippen LogP) is 2.11. The summed E-state index contributed by atoms with van der Waals surface area (Å²) >= 11 is 0. The molecule has 11 nitrogen and oxygen atoms in total. The van der Waals surface area contributed by atoms with Gasteiger partial charge in [0.1, 0.15) is 5.75 Å². The number of nitrogen functional groups attached to an aromatic ring is 1. The van der Waals surface area contributed by atoms with E-state index < -0.39 is 12.0 Å². The van der Waals surface area contributed by atoms with E-state index in [1.807, 2.05) is 6.07 Å². The highest BCUT2D eigenvalue weighted by atomic mass is 16.6. The van der Waals surface area contributed by atoms with Gasteiger partial charge in [0.15, 0.2) is 6.61 Å². The number of amides is 1. The molecule has 1 amide bonds. The van der Waals surface area contributed by atoms with Gasteiger partial charge in [-0.25, -0.2) is 9.59 Å². The Balaban J connectivity index is 1.62. The van der Waals surface area contributed by atoms with Crippen molar-refractivity contribution in [3.05, 3.63) is 54.1 Å². The average molecular weight is 407 g/mol. The molecule has 0 bridgehead atoms. The summed E-state index contributed by atoms with van der Waals surface area (Å²) in [6.45, 7) is -0.216. The average Bonchev–Trinajstić information content (AvgIpc) is 3.13. The summed E-state index contributed by atoms with van der Waals surface area (Å²) in [6.07, 6.45) is 0. The Morgan fingerprint density at radius 1 is 1.13 bits per heavy atom. The van der Waals surface area contributed by atoms with E-state index in [9.17, 15) is 9.59 Å². The molecule has 1 heterocycles. The van der Waals surface area contributed by atoms with Gasteiger partial charge in [0.05, 0.1) is 18.7 Å². The monoisotopic (exact) mass is 407 g/mol. The molecule has 0 spiro atoms. The van der Waals surface area contributed by atoms with Crippen LogP contribution in [-0.2, 0) is 9.53 Å². The van der Waals surface area contributed by atoms with Gasteiger partial charge >= 0.3 is 12.0 Å². The van der Waals surface area contributed by atoms with Gasteiger partial charge in [-0.15, -0.1) is 9.78 Å². The maximum absolute atomic E-state index is 12.4. The van der Waals surface area contributed by atoms with Crippen molar-refractivity contribution in [1.82, 2.24) is 14.8 Å². The summed E-state index contributed by atoms with van der Waals surface area (Å²) < 4.78 is 10.6. The van der Waals surface area contributed by atoms with Crippen LogP contribution in [0.3, 0.4) is 0 Å². The highest BCUT2D eigenvalue weighted by molar-refractivity contribution is 5.92. The number of hydrogen-bond acceptors (Lipinski definition) is 9. The van der Waals surface area contributed by atoms with Gasteiger partial charge in [0, 0.05) is 11.4 Å². The number of hydrogen-bond donors (Lipinski definition) is 3. The van der Waals surface area contributed by atoms with Crippen LogP contribution in [0.25, 0.3) is 0 Å². The second kappa shape index (κ2) is 9.07. The minimum Gasteiger partial charge on any atom is -0.482 e. The molecule has 0 aliphatic rings. The molecule has 0 aliphatic heterocycles. The Kier molecular flexibility index (Phi) is 6.09. The summed E-state index contributed by atoms with van der Waals surface area (Å²) in [5.41, 5.74) is 7.39. The number of nitriles is 1. The molecule has 3 aromatic rings. The van der Waals surface area contributed by atoms with E-state index in [0.717, 1.165) is 4.68 Å². The first-order chi connectivity index (χ1) is 14.5. The van der Waals surface area contributed by atoms with Crippen LogP contribution in [-0.4, -0.2) is 40.5 Å². The third kappa shape index (κ3) is 5.02. The Morgan fingerprint density at radius 2 is 1.80 bits per heavy atom. The van der Waals surface area contributed by atoms with Gasteiger partial charge in [0.2, 0.25) is 11.9 Å². The quantitative estimate of drug-likeness (QED) is 0.520. The molecule has 2 aromatic carbocycles. The van der Waals surface area contributed by atoms with E-state index in [-0.39, 0.29) is 18.5 Å². The second-order valence-electron chi connectivity index (χ2n) is 5.84. The summed E-state index contributed by atoms with van der Waals surface area (Å²) in [7, 11) is 1.27. The van der Waals surface area contributed by atoms with Gasteiger partial charge < -0.3 is 25.8 Å². The third-order valence-electron chi connectivity index (χ3n) is 3.78. The Bertz CT molecular complexity index is 1090. The van der Waals surface area contributed by atoms with Gasteiger partial charge in [-0.2, -0.15) is 10.2 Å². The maximum atomic E-state index is 12.4. The normalized spacial score (nSPS) is 10.0. The largest absolute Gasteiger partial charge is 0.482 e. The van der Waals surface area contributed by atoms with Gasteiger partial charge in [-0.1, -0.05) is 0 Å². The van der Waals surface area contributed by atoms with Crippen LogP contribution >= 0.6 is 0 Å². The van der Waals surface area contributed by atoms with Crippen LogP contribution in [0, 0.1) is 11.3 Å². The molecule has 1 aromatic heterocycles. The molecule has 0 radical (unpaired) electrons. The number of aromatic nitrogens is 3. The molecule has 3 rings (SSSR count). The first-order valence-electron chi connectivity index (χ1n) is 8.59. The molecular weight excluding hydrogens is 390 g/mol. The van der Waals surface area contributed by atoms with E-state index in [4.69, 9.17) is 15.7 Å². The molecule has 30 heavy (non-hydrogen) atoms. The zero-order valence-electron chi connectivity index (χ0n) is 15.8. The van der Waals surface area contributed by atoms with Crippen LogP contribution in [0.4, 0.5) is 28.1 Å². The minimum atomic E-state index is -0.615. The lowest BCUT2D eigenvalue weighted by Gasteiger charge is -2.07.